The summed E-state index contributed by atoms with van der Waals surface area (Å²) in [5.41, 5.74) is 0.647. The van der Waals surface area contributed by atoms with Crippen LogP contribution in [0.1, 0.15) is 66.2 Å². The second-order valence-corrected chi connectivity index (χ2v) is 9.76. The molecule has 3 fully saturated rings. The molecule has 156 valence electrons. The number of aliphatic hydroxyl groups excluding tert-OH is 1. The molecule has 2 aliphatic carbocycles. The highest BCUT2D eigenvalue weighted by Gasteiger charge is 2.61. The third kappa shape index (κ3) is 4.20. The SMILES string of the molecule is CCOC(=O)[C@@H]1CCCN(C[C@H](O)CCO[C@@H]2C[C@@H]3CC[C@]2(C)C3(C)C)C1. The fourth-order valence-corrected chi connectivity index (χ4v) is 5.79. The Kier molecular flexibility index (Phi) is 6.54. The quantitative estimate of drug-likeness (QED) is 0.654. The fraction of sp³-hybridized carbons (Fsp3) is 0.955. The average molecular weight is 382 g/mol. The minimum atomic E-state index is -0.398. The number of aliphatic hydroxyl groups is 1. The van der Waals surface area contributed by atoms with Crippen molar-refractivity contribution in [2.24, 2.45) is 22.7 Å². The average Bonchev–Trinajstić information content (AvgIpc) is 2.95. The first kappa shape index (κ1) is 21.1. The van der Waals surface area contributed by atoms with Gasteiger partial charge in [0, 0.05) is 19.7 Å². The Bertz CT molecular complexity index is 522. The highest BCUT2D eigenvalue weighted by molar-refractivity contribution is 5.72. The number of esters is 1. The molecule has 0 amide bonds. The van der Waals surface area contributed by atoms with Gasteiger partial charge in [-0.3, -0.25) is 9.69 Å². The van der Waals surface area contributed by atoms with Gasteiger partial charge >= 0.3 is 5.97 Å². The summed E-state index contributed by atoms with van der Waals surface area (Å²) in [7, 11) is 0. The van der Waals surface area contributed by atoms with Gasteiger partial charge in [0.2, 0.25) is 0 Å². The summed E-state index contributed by atoms with van der Waals surface area (Å²) in [6.45, 7) is 12.4. The van der Waals surface area contributed by atoms with Gasteiger partial charge in [0.05, 0.1) is 24.7 Å². The van der Waals surface area contributed by atoms with Gasteiger partial charge in [-0.15, -0.1) is 0 Å². The van der Waals surface area contributed by atoms with Crippen LogP contribution in [0.2, 0.25) is 0 Å². The molecule has 1 heterocycles. The van der Waals surface area contributed by atoms with Crippen LogP contribution in [-0.2, 0) is 14.3 Å². The van der Waals surface area contributed by atoms with E-state index in [0.29, 0.717) is 44.2 Å². The Hall–Kier alpha value is -0.650. The predicted molar refractivity (Wildman–Crippen MR) is 105 cm³/mol. The zero-order valence-electron chi connectivity index (χ0n) is 17.7. The molecule has 5 nitrogen and oxygen atoms in total. The summed E-state index contributed by atoms with van der Waals surface area (Å²) >= 11 is 0. The monoisotopic (exact) mass is 381 g/mol. The number of hydrogen-bond donors (Lipinski definition) is 1. The van der Waals surface area contributed by atoms with E-state index in [4.69, 9.17) is 9.47 Å². The Morgan fingerprint density at radius 2 is 2.07 bits per heavy atom. The topological polar surface area (TPSA) is 59.0 Å². The lowest BCUT2D eigenvalue weighted by molar-refractivity contribution is -0.150. The molecule has 1 aliphatic heterocycles. The number of ether oxygens (including phenoxy) is 2. The maximum atomic E-state index is 12.0. The third-order valence-electron chi connectivity index (χ3n) is 8.08. The molecular formula is C22H39NO4. The van der Waals surface area contributed by atoms with Crippen molar-refractivity contribution in [1.29, 1.82) is 0 Å². The molecule has 0 aromatic heterocycles. The number of β-amino-alcohol motifs (C(OH)–C–C–N with tert-alkyl or cyclic N) is 1. The van der Waals surface area contributed by atoms with Crippen molar-refractivity contribution in [2.45, 2.75) is 78.4 Å². The lowest BCUT2D eigenvalue weighted by Crippen LogP contribution is -2.43. The van der Waals surface area contributed by atoms with Gasteiger partial charge in [-0.1, -0.05) is 20.8 Å². The van der Waals surface area contributed by atoms with Crippen molar-refractivity contribution in [1.82, 2.24) is 4.90 Å². The van der Waals surface area contributed by atoms with E-state index >= 15 is 0 Å². The molecule has 0 spiro atoms. The molecule has 5 atom stereocenters. The smallest absolute Gasteiger partial charge is 0.310 e. The number of likely N-dealkylation sites (tertiary alicyclic amines) is 1. The molecule has 1 N–H and O–H groups in total. The highest BCUT2D eigenvalue weighted by atomic mass is 16.5. The van der Waals surface area contributed by atoms with Crippen LogP contribution >= 0.6 is 0 Å². The lowest BCUT2D eigenvalue weighted by atomic mass is 9.70. The molecule has 0 radical (unpaired) electrons. The Balaban J connectivity index is 1.39. The van der Waals surface area contributed by atoms with Crippen molar-refractivity contribution >= 4 is 5.97 Å². The number of fused-ring (bicyclic) bond motifs is 2. The van der Waals surface area contributed by atoms with Gasteiger partial charge in [-0.25, -0.2) is 0 Å². The summed E-state index contributed by atoms with van der Waals surface area (Å²) in [5, 5.41) is 10.5. The minimum Gasteiger partial charge on any atom is -0.466 e. The molecule has 0 unspecified atom stereocenters. The van der Waals surface area contributed by atoms with E-state index in [-0.39, 0.29) is 17.3 Å². The van der Waals surface area contributed by atoms with Crippen molar-refractivity contribution < 1.29 is 19.4 Å². The van der Waals surface area contributed by atoms with Crippen molar-refractivity contribution in [2.75, 3.05) is 32.8 Å². The highest BCUT2D eigenvalue weighted by Crippen LogP contribution is 2.66. The summed E-state index contributed by atoms with van der Waals surface area (Å²) in [6, 6.07) is 0. The maximum Gasteiger partial charge on any atom is 0.310 e. The number of hydrogen-bond acceptors (Lipinski definition) is 5. The normalized spacial score (nSPS) is 36.7. The molecule has 2 saturated carbocycles. The van der Waals surface area contributed by atoms with Crippen molar-refractivity contribution in [3.8, 4) is 0 Å². The largest absolute Gasteiger partial charge is 0.466 e. The van der Waals surface area contributed by atoms with Gasteiger partial charge in [0.1, 0.15) is 0 Å². The molecule has 2 bridgehead atoms. The molecule has 27 heavy (non-hydrogen) atoms. The first-order chi connectivity index (χ1) is 12.8. The number of rotatable bonds is 8. The van der Waals surface area contributed by atoms with E-state index in [1.807, 2.05) is 6.92 Å². The van der Waals surface area contributed by atoms with Crippen LogP contribution in [0.25, 0.3) is 0 Å². The van der Waals surface area contributed by atoms with E-state index in [2.05, 4.69) is 25.7 Å². The third-order valence-corrected chi connectivity index (χ3v) is 8.08. The second kappa shape index (κ2) is 8.38. The maximum absolute atomic E-state index is 12.0. The fourth-order valence-electron chi connectivity index (χ4n) is 5.79. The van der Waals surface area contributed by atoms with Gasteiger partial charge < -0.3 is 14.6 Å². The summed E-state index contributed by atoms with van der Waals surface area (Å²) in [5.74, 6) is 0.649. The zero-order chi connectivity index (χ0) is 19.7. The summed E-state index contributed by atoms with van der Waals surface area (Å²) in [4.78, 5) is 14.2. The molecule has 5 heteroatoms. The molecule has 0 aromatic carbocycles. The predicted octanol–water partition coefficient (Wildman–Crippen LogP) is 3.24. The van der Waals surface area contributed by atoms with Crippen LogP contribution in [0, 0.1) is 22.7 Å². The minimum absolute atomic E-state index is 0.0432. The number of piperidine rings is 1. The standard InChI is InChI=1S/C22H39NO4/c1-5-26-20(25)16-7-6-11-23(14-16)15-18(24)9-12-27-19-13-17-8-10-22(19,4)21(17,2)3/h16-19,24H,5-15H2,1-4H3/t16-,17+,18-,19-,22+/m1/s1. The van der Waals surface area contributed by atoms with E-state index in [1.165, 1.54) is 19.3 Å². The number of nitrogens with zero attached hydrogens (tertiary/aromatic N) is 1. The van der Waals surface area contributed by atoms with Crippen LogP contribution in [0.15, 0.2) is 0 Å². The van der Waals surface area contributed by atoms with E-state index in [1.54, 1.807) is 0 Å². The van der Waals surface area contributed by atoms with Crippen molar-refractivity contribution in [3.05, 3.63) is 0 Å². The zero-order valence-corrected chi connectivity index (χ0v) is 17.7. The van der Waals surface area contributed by atoms with Crippen LogP contribution in [0.3, 0.4) is 0 Å². The molecule has 3 rings (SSSR count). The number of carbonyl (C=O) groups is 1. The van der Waals surface area contributed by atoms with E-state index < -0.39 is 6.10 Å². The van der Waals surface area contributed by atoms with Gasteiger partial charge in [-0.05, 0) is 68.7 Å². The van der Waals surface area contributed by atoms with Crippen LogP contribution in [0.5, 0.6) is 0 Å². The lowest BCUT2D eigenvalue weighted by Gasteiger charge is -2.39. The summed E-state index contributed by atoms with van der Waals surface area (Å²) < 4.78 is 11.4. The van der Waals surface area contributed by atoms with Crippen LogP contribution in [-0.4, -0.2) is 61.0 Å². The second-order valence-electron chi connectivity index (χ2n) is 9.76. The molecule has 0 aromatic rings. The Morgan fingerprint density at radius 3 is 2.70 bits per heavy atom. The van der Waals surface area contributed by atoms with Crippen LogP contribution in [0.4, 0.5) is 0 Å². The first-order valence-electron chi connectivity index (χ1n) is 11.0. The van der Waals surface area contributed by atoms with Gasteiger partial charge in [0.25, 0.3) is 0 Å². The molecule has 3 aliphatic rings. The molecular weight excluding hydrogens is 342 g/mol. The summed E-state index contributed by atoms with van der Waals surface area (Å²) in [6.07, 6.45) is 6.26. The van der Waals surface area contributed by atoms with E-state index in [0.717, 1.165) is 25.3 Å². The Morgan fingerprint density at radius 1 is 1.30 bits per heavy atom. The van der Waals surface area contributed by atoms with E-state index in [9.17, 15) is 9.90 Å². The van der Waals surface area contributed by atoms with Gasteiger partial charge in [0.15, 0.2) is 0 Å². The van der Waals surface area contributed by atoms with Crippen LogP contribution < -0.4 is 0 Å². The number of carbonyl (C=O) groups excluding carboxylic acids is 1. The van der Waals surface area contributed by atoms with Gasteiger partial charge in [-0.2, -0.15) is 0 Å². The Labute approximate surface area is 164 Å². The molecule has 1 saturated heterocycles. The van der Waals surface area contributed by atoms with Crippen molar-refractivity contribution in [3.63, 3.8) is 0 Å². The first-order valence-corrected chi connectivity index (χ1v) is 11.0.